The molecule has 0 radical (unpaired) electrons. The summed E-state index contributed by atoms with van der Waals surface area (Å²) in [6.07, 6.45) is 0. The molecule has 0 amide bonds. The number of carbonyl (C=O) groups is 1. The first kappa shape index (κ1) is 18.4. The first-order valence-corrected chi connectivity index (χ1v) is 10.1. The van der Waals surface area contributed by atoms with Crippen molar-refractivity contribution in [2.24, 2.45) is 0 Å². The van der Waals surface area contributed by atoms with Gasteiger partial charge in [-0.25, -0.2) is 8.42 Å². The number of sulfonamides is 1. The second-order valence-electron chi connectivity index (χ2n) is 5.80. The van der Waals surface area contributed by atoms with Crippen LogP contribution >= 0.6 is 15.9 Å². The molecule has 0 saturated heterocycles. The summed E-state index contributed by atoms with van der Waals surface area (Å²) >= 11 is 3.34. The maximum Gasteiger partial charge on any atom is 0.261 e. The first-order chi connectivity index (χ1) is 12.4. The Balaban J connectivity index is 2.01. The lowest BCUT2D eigenvalue weighted by molar-refractivity contribution is 0.103. The molecule has 4 nitrogen and oxygen atoms in total. The third-order valence-electron chi connectivity index (χ3n) is 3.84. The van der Waals surface area contributed by atoms with Crippen molar-refractivity contribution in [3.05, 3.63) is 94.0 Å². The van der Waals surface area contributed by atoms with Gasteiger partial charge >= 0.3 is 0 Å². The standard InChI is InChI=1S/C20H16BrNO3S/c1-14-7-10-17(11-8-14)26(24,25)22-19-12-9-16(21)13-18(19)20(23)15-5-3-2-4-6-15/h2-13,22H,1H3. The van der Waals surface area contributed by atoms with Crippen molar-refractivity contribution in [3.8, 4) is 0 Å². The fourth-order valence-corrected chi connectivity index (χ4v) is 3.90. The average Bonchev–Trinajstić information content (AvgIpc) is 2.63. The molecule has 0 bridgehead atoms. The van der Waals surface area contributed by atoms with Crippen LogP contribution in [0.4, 0.5) is 5.69 Å². The summed E-state index contributed by atoms with van der Waals surface area (Å²) in [6.45, 7) is 1.88. The van der Waals surface area contributed by atoms with Crippen molar-refractivity contribution in [3.63, 3.8) is 0 Å². The SMILES string of the molecule is Cc1ccc(S(=O)(=O)Nc2ccc(Br)cc2C(=O)c2ccccc2)cc1. The smallest absolute Gasteiger partial charge is 0.261 e. The molecule has 1 N–H and O–H groups in total. The average molecular weight is 430 g/mol. The largest absolute Gasteiger partial charge is 0.289 e. The van der Waals surface area contributed by atoms with Crippen molar-refractivity contribution in [2.45, 2.75) is 11.8 Å². The van der Waals surface area contributed by atoms with Gasteiger partial charge in [0.25, 0.3) is 10.0 Å². The fraction of sp³-hybridized carbons (Fsp3) is 0.0500. The predicted molar refractivity (Wildman–Crippen MR) is 106 cm³/mol. The zero-order chi connectivity index (χ0) is 18.7. The Bertz CT molecular complexity index is 1050. The first-order valence-electron chi connectivity index (χ1n) is 7.85. The highest BCUT2D eigenvalue weighted by Crippen LogP contribution is 2.26. The summed E-state index contributed by atoms with van der Waals surface area (Å²) in [5, 5.41) is 0. The minimum Gasteiger partial charge on any atom is -0.289 e. The Labute approximate surface area is 161 Å². The number of ketones is 1. The highest BCUT2D eigenvalue weighted by atomic mass is 79.9. The molecule has 0 atom stereocenters. The number of anilines is 1. The third kappa shape index (κ3) is 4.03. The molecule has 26 heavy (non-hydrogen) atoms. The highest BCUT2D eigenvalue weighted by molar-refractivity contribution is 9.10. The topological polar surface area (TPSA) is 63.2 Å². The number of halogens is 1. The van der Waals surface area contributed by atoms with Crippen LogP contribution in [0.2, 0.25) is 0 Å². The molecule has 0 unspecified atom stereocenters. The molecule has 0 aliphatic heterocycles. The van der Waals surface area contributed by atoms with Crippen LogP contribution in [0, 0.1) is 6.92 Å². The maximum atomic E-state index is 12.8. The van der Waals surface area contributed by atoms with Gasteiger partial charge in [0, 0.05) is 15.6 Å². The molecule has 3 aromatic rings. The summed E-state index contributed by atoms with van der Waals surface area (Å²) in [7, 11) is -3.80. The van der Waals surface area contributed by atoms with Gasteiger partial charge in [-0.3, -0.25) is 9.52 Å². The lowest BCUT2D eigenvalue weighted by Crippen LogP contribution is -2.16. The van der Waals surface area contributed by atoms with Gasteiger partial charge in [0.1, 0.15) is 0 Å². The van der Waals surface area contributed by atoms with Crippen LogP contribution in [0.3, 0.4) is 0 Å². The molecule has 6 heteroatoms. The zero-order valence-corrected chi connectivity index (χ0v) is 16.3. The lowest BCUT2D eigenvalue weighted by Gasteiger charge is -2.13. The second-order valence-corrected chi connectivity index (χ2v) is 8.40. The Kier molecular flexibility index (Phi) is 5.25. The van der Waals surface area contributed by atoms with Gasteiger partial charge in [-0.1, -0.05) is 64.0 Å². The van der Waals surface area contributed by atoms with E-state index in [9.17, 15) is 13.2 Å². The van der Waals surface area contributed by atoms with E-state index in [1.54, 1.807) is 54.6 Å². The summed E-state index contributed by atoms with van der Waals surface area (Å²) in [5.41, 5.74) is 1.97. The van der Waals surface area contributed by atoms with Crippen molar-refractivity contribution in [1.29, 1.82) is 0 Å². The van der Waals surface area contributed by atoms with Crippen LogP contribution in [-0.4, -0.2) is 14.2 Å². The summed E-state index contributed by atoms with van der Waals surface area (Å²) in [5.74, 6) is -0.256. The Morgan fingerprint density at radius 2 is 1.58 bits per heavy atom. The molecule has 0 aliphatic rings. The van der Waals surface area contributed by atoms with Gasteiger partial charge in [-0.15, -0.1) is 0 Å². The van der Waals surface area contributed by atoms with Crippen LogP contribution in [0.1, 0.15) is 21.5 Å². The number of hydrogen-bond donors (Lipinski definition) is 1. The second kappa shape index (κ2) is 7.43. The normalized spacial score (nSPS) is 11.2. The number of aryl methyl sites for hydroxylation is 1. The van der Waals surface area contributed by atoms with Gasteiger partial charge in [-0.2, -0.15) is 0 Å². The van der Waals surface area contributed by atoms with E-state index in [0.29, 0.717) is 10.0 Å². The number of carbonyl (C=O) groups excluding carboxylic acids is 1. The van der Waals surface area contributed by atoms with Crippen molar-refractivity contribution >= 4 is 37.4 Å². The molecule has 0 fully saturated rings. The lowest BCUT2D eigenvalue weighted by atomic mass is 10.0. The monoisotopic (exact) mass is 429 g/mol. The van der Waals surface area contributed by atoms with Crippen molar-refractivity contribution < 1.29 is 13.2 Å². The summed E-state index contributed by atoms with van der Waals surface area (Å²) < 4.78 is 28.6. The Morgan fingerprint density at radius 3 is 2.23 bits per heavy atom. The van der Waals surface area contributed by atoms with E-state index in [2.05, 4.69) is 20.7 Å². The molecule has 0 saturated carbocycles. The number of nitrogens with one attached hydrogen (secondary N) is 1. The van der Waals surface area contributed by atoms with E-state index in [0.717, 1.165) is 5.56 Å². The van der Waals surface area contributed by atoms with E-state index in [4.69, 9.17) is 0 Å². The van der Waals surface area contributed by atoms with Crippen LogP contribution in [0.15, 0.2) is 82.2 Å². The van der Waals surface area contributed by atoms with Gasteiger partial charge < -0.3 is 0 Å². The molecule has 3 aromatic carbocycles. The quantitative estimate of drug-likeness (QED) is 0.592. The molecule has 0 spiro atoms. The third-order valence-corrected chi connectivity index (χ3v) is 5.71. The van der Waals surface area contributed by atoms with Crippen LogP contribution in [0.25, 0.3) is 0 Å². The zero-order valence-electron chi connectivity index (χ0n) is 13.9. The van der Waals surface area contributed by atoms with Gasteiger partial charge in [0.2, 0.25) is 0 Å². The Morgan fingerprint density at radius 1 is 0.923 bits per heavy atom. The molecule has 132 valence electrons. The van der Waals surface area contributed by atoms with E-state index in [1.165, 1.54) is 12.1 Å². The molecule has 0 aromatic heterocycles. The number of benzene rings is 3. The van der Waals surface area contributed by atoms with Gasteiger partial charge in [0.15, 0.2) is 5.78 Å². The maximum absolute atomic E-state index is 12.8. The minimum atomic E-state index is -3.80. The van der Waals surface area contributed by atoms with Crippen LogP contribution < -0.4 is 4.72 Å². The van der Waals surface area contributed by atoms with Gasteiger partial charge in [-0.05, 0) is 37.3 Å². The molecular formula is C20H16BrNO3S. The van der Waals surface area contributed by atoms with Crippen molar-refractivity contribution in [2.75, 3.05) is 4.72 Å². The number of hydrogen-bond acceptors (Lipinski definition) is 3. The predicted octanol–water partition coefficient (Wildman–Crippen LogP) is 4.79. The molecule has 0 heterocycles. The fourth-order valence-electron chi connectivity index (χ4n) is 2.46. The minimum absolute atomic E-state index is 0.143. The summed E-state index contributed by atoms with van der Waals surface area (Å²) in [6, 6.07) is 20.1. The van der Waals surface area contributed by atoms with Crippen LogP contribution in [0.5, 0.6) is 0 Å². The molecular weight excluding hydrogens is 414 g/mol. The Hall–Kier alpha value is -2.44. The van der Waals surface area contributed by atoms with Crippen LogP contribution in [-0.2, 0) is 10.0 Å². The van der Waals surface area contributed by atoms with E-state index >= 15 is 0 Å². The number of rotatable bonds is 5. The highest BCUT2D eigenvalue weighted by Gasteiger charge is 2.20. The van der Waals surface area contributed by atoms with E-state index in [1.807, 2.05) is 13.0 Å². The van der Waals surface area contributed by atoms with Crippen molar-refractivity contribution in [1.82, 2.24) is 0 Å². The molecule has 0 aliphatic carbocycles. The summed E-state index contributed by atoms with van der Waals surface area (Å²) in [4.78, 5) is 13.0. The van der Waals surface area contributed by atoms with E-state index < -0.39 is 10.0 Å². The van der Waals surface area contributed by atoms with E-state index in [-0.39, 0.29) is 21.9 Å². The van der Waals surface area contributed by atoms with Gasteiger partial charge in [0.05, 0.1) is 10.6 Å². The molecule has 3 rings (SSSR count).